The molecule has 0 bridgehead atoms. The van der Waals surface area contributed by atoms with E-state index in [0.29, 0.717) is 24.1 Å². The predicted molar refractivity (Wildman–Crippen MR) is 113 cm³/mol. The van der Waals surface area contributed by atoms with E-state index in [4.69, 9.17) is 4.74 Å². The van der Waals surface area contributed by atoms with E-state index in [1.807, 2.05) is 13.8 Å². The number of carbonyl (C=O) groups is 2. The Hall–Kier alpha value is -2.80. The first-order valence-corrected chi connectivity index (χ1v) is 10.0. The van der Waals surface area contributed by atoms with Crippen LogP contribution in [0.5, 0.6) is 11.5 Å². The molecule has 6 nitrogen and oxygen atoms in total. The number of halogens is 1. The van der Waals surface area contributed by atoms with E-state index >= 15 is 0 Å². The highest BCUT2D eigenvalue weighted by molar-refractivity contribution is 9.10. The monoisotopic (exact) mass is 459 g/mol. The molecule has 0 spiro atoms. The first-order chi connectivity index (χ1) is 13.8. The summed E-state index contributed by atoms with van der Waals surface area (Å²) in [7, 11) is 1.44. The molecule has 0 radical (unpaired) electrons. The Bertz CT molecular complexity index is 1010. The van der Waals surface area contributed by atoms with Crippen LogP contribution in [0, 0.1) is 6.92 Å². The number of hydrogen-bond acceptors (Lipinski definition) is 5. The smallest absolute Gasteiger partial charge is 0.295 e. The van der Waals surface area contributed by atoms with E-state index < -0.39 is 17.7 Å². The molecule has 0 aliphatic carbocycles. The van der Waals surface area contributed by atoms with Crippen LogP contribution in [-0.2, 0) is 9.59 Å². The molecular formula is C22H22BrNO5. The van der Waals surface area contributed by atoms with Crippen molar-refractivity contribution in [3.8, 4) is 11.5 Å². The Morgan fingerprint density at radius 3 is 2.52 bits per heavy atom. The van der Waals surface area contributed by atoms with Gasteiger partial charge in [-0.1, -0.05) is 35.0 Å². The lowest BCUT2D eigenvalue weighted by atomic mass is 9.94. The van der Waals surface area contributed by atoms with Gasteiger partial charge in [0.1, 0.15) is 5.76 Å². The second-order valence-electron chi connectivity index (χ2n) is 6.89. The lowest BCUT2D eigenvalue weighted by molar-refractivity contribution is -0.139. The molecule has 1 amide bonds. The van der Waals surface area contributed by atoms with Gasteiger partial charge in [-0.15, -0.1) is 0 Å². The average molecular weight is 460 g/mol. The van der Waals surface area contributed by atoms with Crippen LogP contribution in [0.15, 0.2) is 46.4 Å². The van der Waals surface area contributed by atoms with Crippen molar-refractivity contribution in [2.45, 2.75) is 26.3 Å². The fraction of sp³-hybridized carbons (Fsp3) is 0.273. The molecule has 0 saturated carbocycles. The van der Waals surface area contributed by atoms with Crippen LogP contribution in [0.1, 0.15) is 36.1 Å². The molecule has 1 atom stereocenters. The summed E-state index contributed by atoms with van der Waals surface area (Å²) in [4.78, 5) is 27.0. The van der Waals surface area contributed by atoms with Crippen LogP contribution >= 0.6 is 15.9 Å². The number of rotatable bonds is 5. The van der Waals surface area contributed by atoms with Gasteiger partial charge in [0.25, 0.3) is 11.7 Å². The largest absolute Gasteiger partial charge is 0.507 e. The van der Waals surface area contributed by atoms with Crippen molar-refractivity contribution in [1.82, 2.24) is 4.90 Å². The number of amides is 1. The third-order valence-electron chi connectivity index (χ3n) is 4.95. The SMILES string of the molecule is CCCN1C(=O)C(=O)/C(=C(\O)c2ccc(Br)c(C)c2)C1c1ccc(OC)c(O)c1. The van der Waals surface area contributed by atoms with Crippen molar-refractivity contribution in [3.05, 3.63) is 63.1 Å². The molecule has 1 saturated heterocycles. The molecule has 2 aromatic carbocycles. The highest BCUT2D eigenvalue weighted by Crippen LogP contribution is 2.41. The van der Waals surface area contributed by atoms with Crippen molar-refractivity contribution in [3.63, 3.8) is 0 Å². The van der Waals surface area contributed by atoms with Crippen LogP contribution in [0.25, 0.3) is 5.76 Å². The molecule has 7 heteroatoms. The van der Waals surface area contributed by atoms with Crippen molar-refractivity contribution in [1.29, 1.82) is 0 Å². The van der Waals surface area contributed by atoms with Gasteiger partial charge in [-0.05, 0) is 48.7 Å². The maximum Gasteiger partial charge on any atom is 0.295 e. The molecule has 1 unspecified atom stereocenters. The molecule has 2 N–H and O–H groups in total. The molecule has 29 heavy (non-hydrogen) atoms. The lowest BCUT2D eigenvalue weighted by Gasteiger charge is -2.25. The molecule has 1 heterocycles. The van der Waals surface area contributed by atoms with Gasteiger partial charge < -0.3 is 19.8 Å². The van der Waals surface area contributed by atoms with Crippen molar-refractivity contribution in [2.24, 2.45) is 0 Å². The van der Waals surface area contributed by atoms with Gasteiger partial charge in [-0.2, -0.15) is 0 Å². The summed E-state index contributed by atoms with van der Waals surface area (Å²) >= 11 is 3.42. The summed E-state index contributed by atoms with van der Waals surface area (Å²) in [5, 5.41) is 21.2. The van der Waals surface area contributed by atoms with Crippen LogP contribution in [-0.4, -0.2) is 40.5 Å². The highest BCUT2D eigenvalue weighted by Gasteiger charge is 2.45. The van der Waals surface area contributed by atoms with E-state index in [0.717, 1.165) is 10.0 Å². The van der Waals surface area contributed by atoms with E-state index in [1.54, 1.807) is 30.3 Å². The number of phenols is 1. The Morgan fingerprint density at radius 2 is 1.93 bits per heavy atom. The number of aryl methyl sites for hydroxylation is 1. The topological polar surface area (TPSA) is 87.1 Å². The maximum atomic E-state index is 12.8. The first-order valence-electron chi connectivity index (χ1n) is 9.22. The minimum Gasteiger partial charge on any atom is -0.507 e. The molecule has 0 aromatic heterocycles. The number of aliphatic hydroxyl groups is 1. The molecule has 2 aromatic rings. The van der Waals surface area contributed by atoms with Crippen LogP contribution in [0.2, 0.25) is 0 Å². The average Bonchev–Trinajstić information content (AvgIpc) is 2.94. The van der Waals surface area contributed by atoms with Crippen molar-refractivity contribution >= 4 is 33.4 Å². The van der Waals surface area contributed by atoms with Crippen LogP contribution < -0.4 is 4.74 Å². The van der Waals surface area contributed by atoms with Gasteiger partial charge in [0.05, 0.1) is 18.7 Å². The number of likely N-dealkylation sites (tertiary alicyclic amines) is 1. The van der Waals surface area contributed by atoms with Gasteiger partial charge in [-0.25, -0.2) is 0 Å². The lowest BCUT2D eigenvalue weighted by Crippen LogP contribution is -2.30. The van der Waals surface area contributed by atoms with Gasteiger partial charge in [0.2, 0.25) is 0 Å². The fourth-order valence-electron chi connectivity index (χ4n) is 3.52. The van der Waals surface area contributed by atoms with E-state index in [-0.39, 0.29) is 22.8 Å². The van der Waals surface area contributed by atoms with Gasteiger partial charge in [-0.3, -0.25) is 9.59 Å². The summed E-state index contributed by atoms with van der Waals surface area (Å²) in [6, 6.07) is 9.12. The number of aliphatic hydroxyl groups excluding tert-OH is 1. The van der Waals surface area contributed by atoms with Crippen LogP contribution in [0.3, 0.4) is 0 Å². The number of benzene rings is 2. The Morgan fingerprint density at radius 1 is 1.21 bits per heavy atom. The summed E-state index contributed by atoms with van der Waals surface area (Å²) in [6.45, 7) is 4.12. The third-order valence-corrected chi connectivity index (χ3v) is 5.84. The number of nitrogens with zero attached hydrogens (tertiary/aromatic N) is 1. The maximum absolute atomic E-state index is 12.8. The zero-order chi connectivity index (χ0) is 21.3. The fourth-order valence-corrected chi connectivity index (χ4v) is 3.77. The minimum absolute atomic E-state index is 0.00902. The number of aromatic hydroxyl groups is 1. The van der Waals surface area contributed by atoms with Crippen molar-refractivity contribution < 1.29 is 24.5 Å². The molecular weight excluding hydrogens is 438 g/mol. The molecule has 3 rings (SSSR count). The summed E-state index contributed by atoms with van der Waals surface area (Å²) in [5.74, 6) is -1.46. The first kappa shape index (κ1) is 20.9. The van der Waals surface area contributed by atoms with Crippen LogP contribution in [0.4, 0.5) is 0 Å². The zero-order valence-corrected chi connectivity index (χ0v) is 18.0. The van der Waals surface area contributed by atoms with E-state index in [9.17, 15) is 19.8 Å². The summed E-state index contributed by atoms with van der Waals surface area (Å²) in [6.07, 6.45) is 0.642. The molecule has 1 aliphatic heterocycles. The number of hydrogen-bond donors (Lipinski definition) is 2. The minimum atomic E-state index is -0.796. The number of phenolic OH excluding ortho intramolecular Hbond substituents is 1. The van der Waals surface area contributed by atoms with Gasteiger partial charge >= 0.3 is 0 Å². The third kappa shape index (κ3) is 3.74. The zero-order valence-electron chi connectivity index (χ0n) is 16.4. The summed E-state index contributed by atoms with van der Waals surface area (Å²) < 4.78 is 5.96. The quantitative estimate of drug-likeness (QED) is 0.395. The predicted octanol–water partition coefficient (Wildman–Crippen LogP) is 4.30. The normalized spacial score (nSPS) is 18.3. The Kier molecular flexibility index (Phi) is 5.98. The number of carbonyl (C=O) groups excluding carboxylic acids is 2. The Labute approximate surface area is 177 Å². The second-order valence-corrected chi connectivity index (χ2v) is 7.74. The van der Waals surface area contributed by atoms with Gasteiger partial charge in [0, 0.05) is 16.6 Å². The number of ketones is 1. The molecule has 1 aliphatic rings. The standard InChI is InChI=1S/C22H22BrNO5/c1-4-9-24-19(13-6-8-17(29-3)16(25)11-13)18(21(27)22(24)28)20(26)14-5-7-15(23)12(2)10-14/h5-8,10-11,19,25-26H,4,9H2,1-3H3/b20-18-. The van der Waals surface area contributed by atoms with Gasteiger partial charge in [0.15, 0.2) is 11.5 Å². The molecule has 1 fully saturated rings. The highest BCUT2D eigenvalue weighted by atomic mass is 79.9. The number of Topliss-reactive ketones (excluding diaryl/α,β-unsaturated/α-hetero) is 1. The van der Waals surface area contributed by atoms with E-state index in [2.05, 4.69) is 15.9 Å². The Balaban J connectivity index is 2.21. The van der Waals surface area contributed by atoms with E-state index in [1.165, 1.54) is 18.1 Å². The number of ether oxygens (including phenoxy) is 1. The second kappa shape index (κ2) is 8.29. The number of methoxy groups -OCH3 is 1. The summed E-state index contributed by atoms with van der Waals surface area (Å²) in [5.41, 5.74) is 1.86. The molecule has 152 valence electrons. The van der Waals surface area contributed by atoms with Crippen molar-refractivity contribution in [2.75, 3.05) is 13.7 Å².